The molecule has 2 aliphatic rings. The van der Waals surface area contributed by atoms with Crippen molar-refractivity contribution in [2.75, 3.05) is 21.3 Å². The number of hydrogen-bond acceptors (Lipinski definition) is 4. The molecule has 17 heavy (non-hydrogen) atoms. The van der Waals surface area contributed by atoms with Crippen molar-refractivity contribution in [2.24, 2.45) is 5.92 Å². The summed E-state index contributed by atoms with van der Waals surface area (Å²) in [4.78, 5) is 13.6. The molecule has 0 unspecified atom stereocenters. The Kier molecular flexibility index (Phi) is 3.69. The first kappa shape index (κ1) is 12.4. The van der Waals surface area contributed by atoms with Crippen LogP contribution in [0.15, 0.2) is 12.2 Å². The molecule has 0 aromatic carbocycles. The number of carbonyl (C=O) groups is 1. The normalized spacial score (nSPS) is 31.1. The summed E-state index contributed by atoms with van der Waals surface area (Å²) in [7, 11) is 4.65. The Morgan fingerprint density at radius 2 is 1.94 bits per heavy atom. The standard InChI is InChI=1S/C12H19NO4/c1-15-11(16-2)9-6-4-8-5-7-10(9)13(8)12(14)17-3/h4,6,8-11H,5,7H2,1-3H3/t8-,9+,10-/m0/s1. The van der Waals surface area contributed by atoms with Gasteiger partial charge in [-0.25, -0.2) is 4.79 Å². The smallest absolute Gasteiger partial charge is 0.410 e. The summed E-state index contributed by atoms with van der Waals surface area (Å²) in [5.41, 5.74) is 0. The van der Waals surface area contributed by atoms with Crippen molar-refractivity contribution in [3.05, 3.63) is 12.2 Å². The Labute approximate surface area is 101 Å². The van der Waals surface area contributed by atoms with E-state index in [1.54, 1.807) is 19.1 Å². The molecular formula is C12H19NO4. The molecule has 96 valence electrons. The Morgan fingerprint density at radius 3 is 2.53 bits per heavy atom. The van der Waals surface area contributed by atoms with Gasteiger partial charge in [-0.2, -0.15) is 0 Å². The number of carbonyl (C=O) groups excluding carboxylic acids is 1. The van der Waals surface area contributed by atoms with Crippen molar-refractivity contribution in [1.29, 1.82) is 0 Å². The predicted octanol–water partition coefficient (Wildman–Crippen LogP) is 1.39. The second-order valence-corrected chi connectivity index (χ2v) is 4.39. The third kappa shape index (κ3) is 2.05. The van der Waals surface area contributed by atoms with Gasteiger partial charge in [0.25, 0.3) is 0 Å². The lowest BCUT2D eigenvalue weighted by Gasteiger charge is -2.37. The third-order valence-electron chi connectivity index (χ3n) is 3.64. The molecule has 1 amide bonds. The molecular weight excluding hydrogens is 222 g/mol. The number of methoxy groups -OCH3 is 3. The quantitative estimate of drug-likeness (QED) is 0.553. The molecule has 0 spiro atoms. The molecule has 1 saturated heterocycles. The molecule has 5 heteroatoms. The van der Waals surface area contributed by atoms with Crippen LogP contribution >= 0.6 is 0 Å². The van der Waals surface area contributed by atoms with Crippen molar-refractivity contribution in [1.82, 2.24) is 4.90 Å². The summed E-state index contributed by atoms with van der Waals surface area (Å²) in [6.45, 7) is 0. The summed E-state index contributed by atoms with van der Waals surface area (Å²) >= 11 is 0. The first-order valence-electron chi connectivity index (χ1n) is 5.83. The van der Waals surface area contributed by atoms with Gasteiger partial charge in [-0.1, -0.05) is 12.2 Å². The molecule has 0 aliphatic carbocycles. The second-order valence-electron chi connectivity index (χ2n) is 4.39. The van der Waals surface area contributed by atoms with E-state index < -0.39 is 0 Å². The van der Waals surface area contributed by atoms with Crippen LogP contribution in [0.4, 0.5) is 4.79 Å². The van der Waals surface area contributed by atoms with E-state index in [4.69, 9.17) is 14.2 Å². The Morgan fingerprint density at radius 1 is 1.24 bits per heavy atom. The van der Waals surface area contributed by atoms with E-state index in [2.05, 4.69) is 12.2 Å². The molecule has 2 aliphatic heterocycles. The van der Waals surface area contributed by atoms with E-state index in [0.29, 0.717) is 0 Å². The van der Waals surface area contributed by atoms with Gasteiger partial charge in [0.05, 0.1) is 13.2 Å². The van der Waals surface area contributed by atoms with Crippen molar-refractivity contribution >= 4 is 6.09 Å². The highest BCUT2D eigenvalue weighted by atomic mass is 16.7. The predicted molar refractivity (Wildman–Crippen MR) is 61.5 cm³/mol. The van der Waals surface area contributed by atoms with Crippen LogP contribution < -0.4 is 0 Å². The maximum Gasteiger partial charge on any atom is 0.410 e. The molecule has 0 radical (unpaired) electrons. The first-order chi connectivity index (χ1) is 8.22. The van der Waals surface area contributed by atoms with Crippen LogP contribution in [-0.2, 0) is 14.2 Å². The van der Waals surface area contributed by atoms with Gasteiger partial charge in [0, 0.05) is 26.2 Å². The summed E-state index contributed by atoms with van der Waals surface area (Å²) in [6, 6.07) is 0.278. The van der Waals surface area contributed by atoms with Gasteiger partial charge in [-0.15, -0.1) is 0 Å². The number of ether oxygens (including phenoxy) is 3. The monoisotopic (exact) mass is 241 g/mol. The Hall–Kier alpha value is -1.07. The van der Waals surface area contributed by atoms with Gasteiger partial charge < -0.3 is 14.2 Å². The molecule has 1 fully saturated rings. The first-order valence-corrected chi connectivity index (χ1v) is 5.83. The minimum Gasteiger partial charge on any atom is -0.453 e. The van der Waals surface area contributed by atoms with Crippen molar-refractivity contribution in [3.63, 3.8) is 0 Å². The summed E-state index contributed by atoms with van der Waals surface area (Å²) in [5, 5.41) is 0. The van der Waals surface area contributed by atoms with E-state index in [1.165, 1.54) is 7.11 Å². The zero-order chi connectivity index (χ0) is 12.4. The fraction of sp³-hybridized carbons (Fsp3) is 0.750. The number of hydrogen-bond donors (Lipinski definition) is 0. The lowest BCUT2D eigenvalue weighted by Crippen LogP contribution is -2.49. The molecule has 0 aromatic heterocycles. The number of fused-ring (bicyclic) bond motifs is 2. The Bertz CT molecular complexity index is 314. The zero-order valence-electron chi connectivity index (χ0n) is 10.5. The largest absolute Gasteiger partial charge is 0.453 e. The highest BCUT2D eigenvalue weighted by Crippen LogP contribution is 2.37. The second kappa shape index (κ2) is 5.06. The maximum atomic E-state index is 11.8. The Balaban J connectivity index is 2.19. The fourth-order valence-corrected chi connectivity index (χ4v) is 2.88. The average molecular weight is 241 g/mol. The topological polar surface area (TPSA) is 48.0 Å². The average Bonchev–Trinajstić information content (AvgIpc) is 2.67. The molecule has 2 heterocycles. The minimum absolute atomic E-state index is 0.0721. The van der Waals surface area contributed by atoms with Crippen molar-refractivity contribution < 1.29 is 19.0 Å². The van der Waals surface area contributed by atoms with Crippen LogP contribution in [0.5, 0.6) is 0 Å². The SMILES string of the molecule is COC(=O)N1[C@H]2C=C[C@@H](C(OC)OC)[C@@H]1CC2. The van der Waals surface area contributed by atoms with Crippen LogP contribution in [0.2, 0.25) is 0 Å². The minimum atomic E-state index is -0.317. The van der Waals surface area contributed by atoms with E-state index in [9.17, 15) is 4.79 Å². The van der Waals surface area contributed by atoms with Crippen LogP contribution in [0.3, 0.4) is 0 Å². The maximum absolute atomic E-state index is 11.8. The van der Waals surface area contributed by atoms with Gasteiger partial charge in [0.15, 0.2) is 6.29 Å². The highest BCUT2D eigenvalue weighted by molar-refractivity contribution is 5.69. The van der Waals surface area contributed by atoms with Gasteiger partial charge >= 0.3 is 6.09 Å². The van der Waals surface area contributed by atoms with Crippen LogP contribution in [0, 0.1) is 5.92 Å². The van der Waals surface area contributed by atoms with Crippen LogP contribution in [0.25, 0.3) is 0 Å². The van der Waals surface area contributed by atoms with Gasteiger partial charge in [-0.05, 0) is 12.8 Å². The van der Waals surface area contributed by atoms with Crippen LogP contribution in [-0.4, -0.2) is 50.7 Å². The number of nitrogens with zero attached hydrogens (tertiary/aromatic N) is 1. The number of rotatable bonds is 3. The molecule has 2 rings (SSSR count). The highest BCUT2D eigenvalue weighted by Gasteiger charge is 2.45. The molecule has 0 aromatic rings. The zero-order valence-corrected chi connectivity index (χ0v) is 10.5. The van der Waals surface area contributed by atoms with E-state index >= 15 is 0 Å². The lowest BCUT2D eigenvalue weighted by molar-refractivity contribution is -0.139. The van der Waals surface area contributed by atoms with Gasteiger partial charge in [-0.3, -0.25) is 4.90 Å². The third-order valence-corrected chi connectivity index (χ3v) is 3.64. The fourth-order valence-electron chi connectivity index (χ4n) is 2.88. The van der Waals surface area contributed by atoms with Crippen LogP contribution in [0.1, 0.15) is 12.8 Å². The molecule has 0 N–H and O–H groups in total. The molecule has 5 nitrogen and oxygen atoms in total. The van der Waals surface area contributed by atoms with E-state index in [1.807, 2.05) is 0 Å². The van der Waals surface area contributed by atoms with Gasteiger partial charge in [0.1, 0.15) is 0 Å². The van der Waals surface area contributed by atoms with E-state index in [0.717, 1.165) is 12.8 Å². The molecule has 0 saturated carbocycles. The summed E-state index contributed by atoms with van der Waals surface area (Å²) < 4.78 is 15.4. The molecule has 3 atom stereocenters. The van der Waals surface area contributed by atoms with Gasteiger partial charge in [0.2, 0.25) is 0 Å². The summed E-state index contributed by atoms with van der Waals surface area (Å²) in [5.74, 6) is 0.0721. The van der Waals surface area contributed by atoms with Crippen molar-refractivity contribution in [3.8, 4) is 0 Å². The van der Waals surface area contributed by atoms with Crippen molar-refractivity contribution in [2.45, 2.75) is 31.2 Å². The summed E-state index contributed by atoms with van der Waals surface area (Å²) in [6.07, 6.45) is 5.50. The lowest BCUT2D eigenvalue weighted by atomic mass is 9.95. The molecule has 2 bridgehead atoms. The van der Waals surface area contributed by atoms with E-state index in [-0.39, 0.29) is 30.4 Å². The number of amides is 1.